The van der Waals surface area contributed by atoms with Gasteiger partial charge in [-0.2, -0.15) is 0 Å². The second-order valence-corrected chi connectivity index (χ2v) is 8.71. The number of ether oxygens (including phenoxy) is 2. The fraction of sp³-hybridized carbons (Fsp3) is 0.261. The number of rotatable bonds is 10. The minimum Gasteiger partial charge on any atom is -0.493 e. The summed E-state index contributed by atoms with van der Waals surface area (Å²) < 4.78 is 12.1. The third kappa shape index (κ3) is 6.76. The summed E-state index contributed by atoms with van der Waals surface area (Å²) in [6, 6.07) is 19.5. The highest BCUT2D eigenvalue weighted by Crippen LogP contribution is 2.29. The maximum absolute atomic E-state index is 12.3. The SMILES string of the molecule is COc1cc(CNC(=O)CN(C)Cc2ccc(Cl)s2)ccc1OCc1ccccc1. The summed E-state index contributed by atoms with van der Waals surface area (Å²) in [5, 5.41) is 2.95. The molecule has 0 aliphatic heterocycles. The molecule has 1 heterocycles. The Labute approximate surface area is 186 Å². The molecule has 0 aliphatic rings. The lowest BCUT2D eigenvalue weighted by Gasteiger charge is -2.16. The zero-order chi connectivity index (χ0) is 21.3. The Kier molecular flexibility index (Phi) is 8.13. The molecule has 5 nitrogen and oxygen atoms in total. The number of methoxy groups -OCH3 is 1. The lowest BCUT2D eigenvalue weighted by atomic mass is 10.2. The Morgan fingerprint density at radius 3 is 2.57 bits per heavy atom. The third-order valence-electron chi connectivity index (χ3n) is 4.42. The van der Waals surface area contributed by atoms with Gasteiger partial charge < -0.3 is 14.8 Å². The van der Waals surface area contributed by atoms with E-state index >= 15 is 0 Å². The molecule has 0 spiro atoms. The molecule has 1 N–H and O–H groups in total. The number of carbonyl (C=O) groups excluding carboxylic acids is 1. The van der Waals surface area contributed by atoms with E-state index < -0.39 is 0 Å². The topological polar surface area (TPSA) is 50.8 Å². The molecule has 0 unspecified atom stereocenters. The molecule has 0 atom stereocenters. The Bertz CT molecular complexity index is 962. The summed E-state index contributed by atoms with van der Waals surface area (Å²) in [5.41, 5.74) is 2.03. The van der Waals surface area contributed by atoms with Crippen LogP contribution in [0, 0.1) is 0 Å². The number of thiophene rings is 1. The van der Waals surface area contributed by atoms with Gasteiger partial charge in [0.2, 0.25) is 5.91 Å². The van der Waals surface area contributed by atoms with E-state index in [1.807, 2.05) is 72.6 Å². The van der Waals surface area contributed by atoms with Crippen LogP contribution in [0.3, 0.4) is 0 Å². The van der Waals surface area contributed by atoms with Gasteiger partial charge in [-0.25, -0.2) is 0 Å². The average Bonchev–Trinajstić information content (AvgIpc) is 3.16. The predicted molar refractivity (Wildman–Crippen MR) is 121 cm³/mol. The quantitative estimate of drug-likeness (QED) is 0.490. The van der Waals surface area contributed by atoms with Crippen molar-refractivity contribution < 1.29 is 14.3 Å². The highest BCUT2D eigenvalue weighted by Gasteiger charge is 2.10. The average molecular weight is 445 g/mol. The van der Waals surface area contributed by atoms with Crippen LogP contribution in [0.5, 0.6) is 11.5 Å². The largest absolute Gasteiger partial charge is 0.493 e. The van der Waals surface area contributed by atoms with E-state index in [2.05, 4.69) is 5.32 Å². The molecule has 30 heavy (non-hydrogen) atoms. The summed E-state index contributed by atoms with van der Waals surface area (Å²) in [7, 11) is 3.52. The highest BCUT2D eigenvalue weighted by molar-refractivity contribution is 7.16. The lowest BCUT2D eigenvalue weighted by Crippen LogP contribution is -2.34. The van der Waals surface area contributed by atoms with Crippen molar-refractivity contribution in [1.82, 2.24) is 10.2 Å². The van der Waals surface area contributed by atoms with Crippen molar-refractivity contribution >= 4 is 28.8 Å². The summed E-state index contributed by atoms with van der Waals surface area (Å²) in [6.45, 7) is 1.89. The number of nitrogens with one attached hydrogen (secondary N) is 1. The van der Waals surface area contributed by atoms with Crippen LogP contribution in [-0.2, 0) is 24.5 Å². The third-order valence-corrected chi connectivity index (χ3v) is 5.64. The standard InChI is InChI=1S/C23H25ClN2O3S/c1-26(14-19-9-11-22(24)30-19)15-23(27)25-13-18-8-10-20(21(12-18)28-2)29-16-17-6-4-3-5-7-17/h3-12H,13-16H2,1-2H3,(H,25,27). The normalized spacial score (nSPS) is 10.8. The van der Waals surface area contributed by atoms with Crippen molar-refractivity contribution in [1.29, 1.82) is 0 Å². The molecule has 3 rings (SSSR count). The van der Waals surface area contributed by atoms with Crippen molar-refractivity contribution in [3.05, 3.63) is 81.0 Å². The molecular weight excluding hydrogens is 420 g/mol. The smallest absolute Gasteiger partial charge is 0.234 e. The first-order valence-electron chi connectivity index (χ1n) is 9.56. The van der Waals surface area contributed by atoms with Crippen LogP contribution in [0.15, 0.2) is 60.7 Å². The lowest BCUT2D eigenvalue weighted by molar-refractivity contribution is -0.122. The van der Waals surface area contributed by atoms with E-state index in [1.165, 1.54) is 11.3 Å². The van der Waals surface area contributed by atoms with Gasteiger partial charge in [-0.15, -0.1) is 11.3 Å². The minimum absolute atomic E-state index is 0.0384. The van der Waals surface area contributed by atoms with Crippen molar-refractivity contribution in [2.45, 2.75) is 19.7 Å². The number of carbonyl (C=O) groups is 1. The van der Waals surface area contributed by atoms with Gasteiger partial charge in [-0.05, 0) is 42.4 Å². The number of halogens is 1. The fourth-order valence-electron chi connectivity index (χ4n) is 2.94. The first-order chi connectivity index (χ1) is 14.5. The van der Waals surface area contributed by atoms with Gasteiger partial charge in [-0.1, -0.05) is 48.0 Å². The zero-order valence-electron chi connectivity index (χ0n) is 17.1. The van der Waals surface area contributed by atoms with Gasteiger partial charge in [0.15, 0.2) is 11.5 Å². The Balaban J connectivity index is 1.49. The van der Waals surface area contributed by atoms with Gasteiger partial charge in [-0.3, -0.25) is 9.69 Å². The first-order valence-corrected chi connectivity index (χ1v) is 10.8. The number of hydrogen-bond donors (Lipinski definition) is 1. The minimum atomic E-state index is -0.0384. The number of amides is 1. The zero-order valence-corrected chi connectivity index (χ0v) is 18.6. The second-order valence-electron chi connectivity index (χ2n) is 6.91. The maximum Gasteiger partial charge on any atom is 0.234 e. The number of benzene rings is 2. The summed E-state index contributed by atoms with van der Waals surface area (Å²) in [4.78, 5) is 15.4. The van der Waals surface area contributed by atoms with E-state index in [0.717, 1.165) is 20.3 Å². The van der Waals surface area contributed by atoms with Crippen molar-refractivity contribution in [2.75, 3.05) is 20.7 Å². The first kappa shape index (κ1) is 22.2. The van der Waals surface area contributed by atoms with Crippen LogP contribution in [0.2, 0.25) is 4.34 Å². The van der Waals surface area contributed by atoms with Crippen molar-refractivity contribution in [3.8, 4) is 11.5 Å². The number of hydrogen-bond acceptors (Lipinski definition) is 5. The molecular formula is C23H25ClN2O3S. The molecule has 3 aromatic rings. The van der Waals surface area contributed by atoms with Crippen LogP contribution in [0.25, 0.3) is 0 Å². The monoisotopic (exact) mass is 444 g/mol. The Hall–Kier alpha value is -2.54. The molecule has 0 saturated carbocycles. The van der Waals surface area contributed by atoms with Crippen LogP contribution >= 0.6 is 22.9 Å². The van der Waals surface area contributed by atoms with E-state index in [0.29, 0.717) is 37.7 Å². The van der Waals surface area contributed by atoms with Gasteiger partial charge in [0.25, 0.3) is 0 Å². The van der Waals surface area contributed by atoms with E-state index in [-0.39, 0.29) is 5.91 Å². The molecule has 7 heteroatoms. The molecule has 158 valence electrons. The maximum atomic E-state index is 12.3. The fourth-order valence-corrected chi connectivity index (χ4v) is 4.10. The van der Waals surface area contributed by atoms with E-state index in [9.17, 15) is 4.79 Å². The molecule has 0 saturated heterocycles. The Morgan fingerprint density at radius 2 is 1.87 bits per heavy atom. The van der Waals surface area contributed by atoms with Crippen molar-refractivity contribution in [2.24, 2.45) is 0 Å². The molecule has 0 fully saturated rings. The molecule has 1 amide bonds. The van der Waals surface area contributed by atoms with Gasteiger partial charge in [0, 0.05) is 18.0 Å². The molecule has 2 aromatic carbocycles. The van der Waals surface area contributed by atoms with Gasteiger partial charge >= 0.3 is 0 Å². The van der Waals surface area contributed by atoms with Crippen molar-refractivity contribution in [3.63, 3.8) is 0 Å². The van der Waals surface area contributed by atoms with Gasteiger partial charge in [0.1, 0.15) is 6.61 Å². The molecule has 0 radical (unpaired) electrons. The van der Waals surface area contributed by atoms with Crippen LogP contribution in [0.4, 0.5) is 0 Å². The van der Waals surface area contributed by atoms with E-state index in [4.69, 9.17) is 21.1 Å². The van der Waals surface area contributed by atoms with E-state index in [1.54, 1.807) is 7.11 Å². The number of likely N-dealkylation sites (N-methyl/N-ethyl adjacent to an activating group) is 1. The Morgan fingerprint density at radius 1 is 1.07 bits per heavy atom. The number of nitrogens with zero attached hydrogens (tertiary/aromatic N) is 1. The van der Waals surface area contributed by atoms with Crippen LogP contribution < -0.4 is 14.8 Å². The molecule has 0 aliphatic carbocycles. The highest BCUT2D eigenvalue weighted by atomic mass is 35.5. The second kappa shape index (κ2) is 11.0. The molecule has 1 aromatic heterocycles. The summed E-state index contributed by atoms with van der Waals surface area (Å²) in [6.07, 6.45) is 0. The summed E-state index contributed by atoms with van der Waals surface area (Å²) in [5.74, 6) is 1.28. The van der Waals surface area contributed by atoms with Crippen LogP contribution in [0.1, 0.15) is 16.0 Å². The van der Waals surface area contributed by atoms with Crippen LogP contribution in [-0.4, -0.2) is 31.5 Å². The molecule has 0 bridgehead atoms. The summed E-state index contributed by atoms with van der Waals surface area (Å²) >= 11 is 7.48. The predicted octanol–water partition coefficient (Wildman–Crippen LogP) is 4.74. The van der Waals surface area contributed by atoms with Gasteiger partial charge in [0.05, 0.1) is 18.0 Å².